The van der Waals surface area contributed by atoms with Gasteiger partial charge in [-0.25, -0.2) is 0 Å². The van der Waals surface area contributed by atoms with E-state index in [2.05, 4.69) is 18.1 Å². The molecule has 1 heteroatoms. The zero-order chi connectivity index (χ0) is 6.97. The van der Waals surface area contributed by atoms with E-state index in [0.717, 1.165) is 12.3 Å². The Morgan fingerprint density at radius 3 is 3.40 bits per heavy atom. The molecule has 0 aromatic heterocycles. The predicted molar refractivity (Wildman–Crippen MR) is 43.2 cm³/mol. The van der Waals surface area contributed by atoms with Crippen LogP contribution in [0, 0.1) is 5.92 Å². The van der Waals surface area contributed by atoms with Crippen LogP contribution in [0.25, 0.3) is 0 Å². The molecule has 1 nitrogen and oxygen atoms in total. The topological polar surface area (TPSA) is 12.4 Å². The number of hydrogen-bond acceptors (Lipinski definition) is 1. The normalized spacial score (nSPS) is 31.1. The van der Waals surface area contributed by atoms with Gasteiger partial charge in [-0.1, -0.05) is 6.92 Å². The Labute approximate surface area is 61.9 Å². The van der Waals surface area contributed by atoms with Crippen molar-refractivity contribution in [1.82, 2.24) is 0 Å². The Kier molecular flexibility index (Phi) is 1.37. The highest BCUT2D eigenvalue weighted by atomic mass is 14.8. The molecule has 0 bridgehead atoms. The molecule has 0 aromatic carbocycles. The van der Waals surface area contributed by atoms with E-state index in [-0.39, 0.29) is 0 Å². The minimum atomic E-state index is 0.903. The van der Waals surface area contributed by atoms with Crippen LogP contribution in [0.15, 0.2) is 16.3 Å². The molecule has 1 atom stereocenters. The van der Waals surface area contributed by atoms with Gasteiger partial charge in [0.15, 0.2) is 0 Å². The summed E-state index contributed by atoms with van der Waals surface area (Å²) in [4.78, 5) is 4.35. The van der Waals surface area contributed by atoms with Crippen molar-refractivity contribution in [2.45, 2.75) is 32.6 Å². The Morgan fingerprint density at radius 2 is 2.50 bits per heavy atom. The number of allylic oxidation sites excluding steroid dienone is 2. The van der Waals surface area contributed by atoms with Crippen LogP contribution in [-0.2, 0) is 0 Å². The molecule has 2 rings (SSSR count). The number of hydrogen-bond donors (Lipinski definition) is 0. The largest absolute Gasteiger partial charge is 0.265 e. The second-order valence-electron chi connectivity index (χ2n) is 3.41. The fourth-order valence-corrected chi connectivity index (χ4v) is 1.82. The summed E-state index contributed by atoms with van der Waals surface area (Å²) in [6.07, 6.45) is 7.07. The van der Waals surface area contributed by atoms with Crippen molar-refractivity contribution in [3.8, 4) is 0 Å². The number of rotatable bonds is 0. The Bertz CT molecular complexity index is 201. The smallest absolute Gasteiger partial charge is 0.0395 e. The molecule has 0 fully saturated rings. The molecular weight excluding hydrogens is 122 g/mol. The number of aliphatic imine (C=N–C) groups is 1. The van der Waals surface area contributed by atoms with Crippen LogP contribution in [0.5, 0.6) is 0 Å². The summed E-state index contributed by atoms with van der Waals surface area (Å²) >= 11 is 0. The van der Waals surface area contributed by atoms with Crippen molar-refractivity contribution < 1.29 is 0 Å². The van der Waals surface area contributed by atoms with Crippen LogP contribution < -0.4 is 0 Å². The number of nitrogens with zero attached hydrogens (tertiary/aromatic N) is 1. The zero-order valence-corrected chi connectivity index (χ0v) is 6.43. The summed E-state index contributed by atoms with van der Waals surface area (Å²) in [7, 11) is 0. The molecule has 1 aliphatic carbocycles. The summed E-state index contributed by atoms with van der Waals surface area (Å²) in [6, 6.07) is 0. The molecule has 0 saturated carbocycles. The van der Waals surface area contributed by atoms with Gasteiger partial charge in [-0.15, -0.1) is 0 Å². The lowest BCUT2D eigenvalue weighted by molar-refractivity contribution is 0.495. The van der Waals surface area contributed by atoms with Crippen LogP contribution in [0.4, 0.5) is 0 Å². The highest BCUT2D eigenvalue weighted by Gasteiger charge is 2.18. The first-order valence-electron chi connectivity index (χ1n) is 4.09. The van der Waals surface area contributed by atoms with E-state index in [0.29, 0.717) is 0 Å². The maximum absolute atomic E-state index is 4.35. The highest BCUT2D eigenvalue weighted by molar-refractivity contribution is 5.67. The van der Waals surface area contributed by atoms with Crippen molar-refractivity contribution >= 4 is 6.21 Å². The lowest BCUT2D eigenvalue weighted by atomic mass is 9.88. The minimum absolute atomic E-state index is 0.903. The maximum Gasteiger partial charge on any atom is 0.0395 e. The van der Waals surface area contributed by atoms with Gasteiger partial charge < -0.3 is 0 Å². The van der Waals surface area contributed by atoms with Crippen molar-refractivity contribution in [2.24, 2.45) is 10.9 Å². The van der Waals surface area contributed by atoms with Crippen molar-refractivity contribution in [2.75, 3.05) is 0 Å². The van der Waals surface area contributed by atoms with E-state index in [1.807, 2.05) is 0 Å². The molecular formula is C9H13N. The maximum atomic E-state index is 4.35. The molecule has 10 heavy (non-hydrogen) atoms. The average molecular weight is 135 g/mol. The summed E-state index contributed by atoms with van der Waals surface area (Å²) in [6.45, 7) is 2.34. The quantitative estimate of drug-likeness (QED) is 0.484. The van der Waals surface area contributed by atoms with E-state index in [1.165, 1.54) is 25.0 Å². The molecule has 1 unspecified atom stereocenters. The third kappa shape index (κ3) is 0.898. The SMILES string of the molecule is CC1CCC2=C(CC=N2)C1. The first-order valence-corrected chi connectivity index (χ1v) is 4.09. The van der Waals surface area contributed by atoms with Crippen molar-refractivity contribution in [1.29, 1.82) is 0 Å². The molecule has 0 N–H and O–H groups in total. The van der Waals surface area contributed by atoms with Gasteiger partial charge in [0.1, 0.15) is 0 Å². The molecule has 2 aliphatic rings. The molecule has 0 saturated heterocycles. The second kappa shape index (κ2) is 2.22. The summed E-state index contributed by atoms with van der Waals surface area (Å²) < 4.78 is 0. The van der Waals surface area contributed by atoms with Crippen molar-refractivity contribution in [3.05, 3.63) is 11.3 Å². The van der Waals surface area contributed by atoms with E-state index in [4.69, 9.17) is 0 Å². The Hall–Kier alpha value is -0.590. The van der Waals surface area contributed by atoms with Gasteiger partial charge in [0.05, 0.1) is 0 Å². The lowest BCUT2D eigenvalue weighted by Crippen LogP contribution is -2.03. The first kappa shape index (κ1) is 6.14. The summed E-state index contributed by atoms with van der Waals surface area (Å²) in [5, 5.41) is 0. The van der Waals surface area contributed by atoms with Gasteiger partial charge >= 0.3 is 0 Å². The molecule has 1 heterocycles. The third-order valence-electron chi connectivity index (χ3n) is 2.46. The molecule has 0 spiro atoms. The van der Waals surface area contributed by atoms with Gasteiger partial charge in [-0.3, -0.25) is 4.99 Å². The second-order valence-corrected chi connectivity index (χ2v) is 3.41. The van der Waals surface area contributed by atoms with Crippen LogP contribution in [0.1, 0.15) is 32.6 Å². The van der Waals surface area contributed by atoms with Gasteiger partial charge in [-0.2, -0.15) is 0 Å². The molecule has 1 aliphatic heterocycles. The monoisotopic (exact) mass is 135 g/mol. The standard InChI is InChI=1S/C9H13N/c1-7-2-3-9-8(6-7)4-5-10-9/h5,7H,2-4,6H2,1H3. The lowest BCUT2D eigenvalue weighted by Gasteiger charge is -2.18. The predicted octanol–water partition coefficient (Wildman–Crippen LogP) is 2.54. The Morgan fingerprint density at radius 1 is 1.60 bits per heavy atom. The molecule has 0 radical (unpaired) electrons. The summed E-state index contributed by atoms with van der Waals surface area (Å²) in [5.74, 6) is 0.903. The van der Waals surface area contributed by atoms with Crippen LogP contribution in [-0.4, -0.2) is 6.21 Å². The highest BCUT2D eigenvalue weighted by Crippen LogP contribution is 2.33. The Balaban J connectivity index is 2.18. The van der Waals surface area contributed by atoms with Gasteiger partial charge in [0, 0.05) is 18.3 Å². The molecule has 0 aromatic rings. The molecule has 54 valence electrons. The average Bonchev–Trinajstić information content (AvgIpc) is 2.33. The first-order chi connectivity index (χ1) is 4.86. The van der Waals surface area contributed by atoms with Crippen LogP contribution in [0.2, 0.25) is 0 Å². The van der Waals surface area contributed by atoms with E-state index < -0.39 is 0 Å². The zero-order valence-electron chi connectivity index (χ0n) is 6.43. The summed E-state index contributed by atoms with van der Waals surface area (Å²) in [5.41, 5.74) is 3.01. The van der Waals surface area contributed by atoms with Gasteiger partial charge in [0.25, 0.3) is 0 Å². The third-order valence-corrected chi connectivity index (χ3v) is 2.46. The van der Waals surface area contributed by atoms with Gasteiger partial charge in [-0.05, 0) is 30.8 Å². The van der Waals surface area contributed by atoms with Crippen LogP contribution in [0.3, 0.4) is 0 Å². The minimum Gasteiger partial charge on any atom is -0.265 e. The van der Waals surface area contributed by atoms with E-state index >= 15 is 0 Å². The fraction of sp³-hybridized carbons (Fsp3) is 0.667. The fourth-order valence-electron chi connectivity index (χ4n) is 1.82. The van der Waals surface area contributed by atoms with Crippen molar-refractivity contribution in [3.63, 3.8) is 0 Å². The van der Waals surface area contributed by atoms with Crippen LogP contribution >= 0.6 is 0 Å². The molecule has 0 amide bonds. The van der Waals surface area contributed by atoms with E-state index in [1.54, 1.807) is 5.57 Å². The van der Waals surface area contributed by atoms with Gasteiger partial charge in [0.2, 0.25) is 0 Å². The van der Waals surface area contributed by atoms with E-state index in [9.17, 15) is 0 Å².